The van der Waals surface area contributed by atoms with Crippen molar-refractivity contribution in [2.45, 2.75) is 51.2 Å². The molecule has 0 N–H and O–H groups in total. The molecular weight excluding hydrogens is 608 g/mol. The Labute approximate surface area is 280 Å². The minimum Gasteiger partial charge on any atom is -0.491 e. The van der Waals surface area contributed by atoms with Crippen molar-refractivity contribution in [1.29, 1.82) is 0 Å². The summed E-state index contributed by atoms with van der Waals surface area (Å²) in [6, 6.07) is 26.4. The van der Waals surface area contributed by atoms with Crippen LogP contribution in [-0.4, -0.2) is 74.8 Å². The van der Waals surface area contributed by atoms with Gasteiger partial charge in [0, 0.05) is 43.1 Å². The van der Waals surface area contributed by atoms with Crippen LogP contribution in [0, 0.1) is 0 Å². The summed E-state index contributed by atoms with van der Waals surface area (Å²) >= 11 is 0. The molecule has 2 saturated heterocycles. The highest BCUT2D eigenvalue weighted by Crippen LogP contribution is 2.36. The number of aromatic nitrogens is 6. The van der Waals surface area contributed by atoms with Crippen LogP contribution in [0.2, 0.25) is 0 Å². The normalized spacial score (nSPS) is 20.2. The number of nitrogens with zero attached hydrogens (tertiary/aromatic N) is 8. The molecule has 4 heterocycles. The molecule has 12 nitrogen and oxygen atoms in total. The van der Waals surface area contributed by atoms with E-state index in [0.29, 0.717) is 19.8 Å². The molecule has 5 aromatic rings. The van der Waals surface area contributed by atoms with Gasteiger partial charge in [-0.3, -0.25) is 0 Å². The second kappa shape index (κ2) is 14.0. The smallest absolute Gasteiger partial charge is 0.350 e. The molecule has 2 aliphatic rings. The topological polar surface area (TPSA) is 105 Å². The monoisotopic (exact) mass is 650 g/mol. The van der Waals surface area contributed by atoms with Gasteiger partial charge in [-0.15, -0.1) is 0 Å². The molecule has 3 atom stereocenters. The van der Waals surface area contributed by atoms with Crippen LogP contribution in [0.3, 0.4) is 0 Å². The van der Waals surface area contributed by atoms with Gasteiger partial charge in [-0.1, -0.05) is 43.7 Å². The summed E-state index contributed by atoms with van der Waals surface area (Å²) < 4.78 is 22.1. The number of benzene rings is 3. The minimum absolute atomic E-state index is 0.0860. The van der Waals surface area contributed by atoms with Gasteiger partial charge in [0.05, 0.1) is 30.7 Å². The first-order valence-corrected chi connectivity index (χ1v) is 16.7. The molecule has 2 fully saturated rings. The number of hydrogen-bond acceptors (Lipinski definition) is 9. The van der Waals surface area contributed by atoms with E-state index in [-0.39, 0.29) is 17.8 Å². The summed E-state index contributed by atoms with van der Waals surface area (Å²) in [5.41, 5.74) is 3.97. The van der Waals surface area contributed by atoms with Crippen molar-refractivity contribution in [2.24, 2.45) is 0 Å². The maximum atomic E-state index is 12.9. The summed E-state index contributed by atoms with van der Waals surface area (Å²) in [6.45, 7) is 8.89. The predicted molar refractivity (Wildman–Crippen MR) is 183 cm³/mol. The maximum Gasteiger partial charge on any atom is 0.350 e. The average Bonchev–Trinajstić information content (AvgIpc) is 3.90. The Bertz CT molecular complexity index is 1800. The maximum absolute atomic E-state index is 12.9. The lowest BCUT2D eigenvalue weighted by Gasteiger charge is -2.37. The highest BCUT2D eigenvalue weighted by Gasteiger charge is 2.44. The molecule has 0 bridgehead atoms. The third-order valence-corrected chi connectivity index (χ3v) is 9.12. The van der Waals surface area contributed by atoms with Crippen molar-refractivity contribution < 1.29 is 14.2 Å². The second-order valence-electron chi connectivity index (χ2n) is 12.4. The van der Waals surface area contributed by atoms with Crippen molar-refractivity contribution >= 4 is 11.4 Å². The Balaban J connectivity index is 0.909. The fourth-order valence-corrected chi connectivity index (χ4v) is 6.50. The van der Waals surface area contributed by atoms with Crippen LogP contribution in [0.15, 0.2) is 102 Å². The van der Waals surface area contributed by atoms with Crippen LogP contribution < -0.4 is 20.2 Å². The largest absolute Gasteiger partial charge is 0.491 e. The molecule has 0 saturated carbocycles. The van der Waals surface area contributed by atoms with Crippen LogP contribution in [-0.2, 0) is 21.8 Å². The van der Waals surface area contributed by atoms with Crippen LogP contribution in [0.4, 0.5) is 11.4 Å². The molecule has 3 aromatic carbocycles. The number of piperazine rings is 1. The highest BCUT2D eigenvalue weighted by atomic mass is 16.8. The molecule has 0 radical (unpaired) electrons. The third-order valence-electron chi connectivity index (χ3n) is 9.12. The van der Waals surface area contributed by atoms with E-state index < -0.39 is 5.79 Å². The molecule has 0 spiro atoms. The molecule has 2 aliphatic heterocycles. The number of rotatable bonds is 12. The van der Waals surface area contributed by atoms with Crippen molar-refractivity contribution in [3.63, 3.8) is 0 Å². The van der Waals surface area contributed by atoms with E-state index in [1.807, 2.05) is 61.5 Å². The van der Waals surface area contributed by atoms with Crippen molar-refractivity contribution in [3.8, 4) is 11.4 Å². The zero-order valence-electron chi connectivity index (χ0n) is 27.5. The summed E-state index contributed by atoms with van der Waals surface area (Å²) in [5.74, 6) is -0.185. The van der Waals surface area contributed by atoms with E-state index in [2.05, 4.69) is 56.3 Å². The number of anilines is 2. The molecule has 1 unspecified atom stereocenters. The summed E-state index contributed by atoms with van der Waals surface area (Å²) in [7, 11) is 0. The van der Waals surface area contributed by atoms with E-state index in [0.717, 1.165) is 61.7 Å². The van der Waals surface area contributed by atoms with E-state index in [9.17, 15) is 4.79 Å². The summed E-state index contributed by atoms with van der Waals surface area (Å²) in [5, 5.41) is 12.9. The first-order chi connectivity index (χ1) is 23.5. The van der Waals surface area contributed by atoms with Gasteiger partial charge in [0.2, 0.25) is 5.79 Å². The van der Waals surface area contributed by atoms with Gasteiger partial charge >= 0.3 is 5.69 Å². The Morgan fingerprint density at radius 2 is 1.48 bits per heavy atom. The van der Waals surface area contributed by atoms with Gasteiger partial charge in [-0.2, -0.15) is 20.1 Å². The van der Waals surface area contributed by atoms with Crippen LogP contribution in [0.25, 0.3) is 5.69 Å². The van der Waals surface area contributed by atoms with E-state index in [1.165, 1.54) is 5.69 Å². The van der Waals surface area contributed by atoms with Crippen LogP contribution in [0.1, 0.15) is 38.3 Å². The Hall–Kier alpha value is -4.94. The first kappa shape index (κ1) is 31.6. The SMILES string of the molecule is CCCC(C)n1ncn(-c2ccc(N3CCN(c4ccc(OC[C@H]5CO[C@](Cn6nccn6)(c6ccccc6)O5)cc4)CC3)cc2)c1=O. The van der Waals surface area contributed by atoms with E-state index in [4.69, 9.17) is 14.2 Å². The van der Waals surface area contributed by atoms with Gasteiger partial charge in [0.25, 0.3) is 0 Å². The van der Waals surface area contributed by atoms with Gasteiger partial charge in [-0.25, -0.2) is 14.0 Å². The molecule has 7 rings (SSSR count). The Morgan fingerprint density at radius 3 is 2.12 bits per heavy atom. The fraction of sp³-hybridized carbons (Fsp3) is 0.389. The molecule has 0 aliphatic carbocycles. The predicted octanol–water partition coefficient (Wildman–Crippen LogP) is 4.66. The average molecular weight is 651 g/mol. The molecule has 48 heavy (non-hydrogen) atoms. The second-order valence-corrected chi connectivity index (χ2v) is 12.4. The van der Waals surface area contributed by atoms with Crippen LogP contribution >= 0.6 is 0 Å². The van der Waals surface area contributed by atoms with Gasteiger partial charge in [0.15, 0.2) is 0 Å². The molecule has 2 aromatic heterocycles. The van der Waals surface area contributed by atoms with Crippen molar-refractivity contribution in [2.75, 3.05) is 49.2 Å². The first-order valence-electron chi connectivity index (χ1n) is 16.7. The lowest BCUT2D eigenvalue weighted by molar-refractivity contribution is -0.192. The van der Waals surface area contributed by atoms with Crippen molar-refractivity contribution in [1.82, 2.24) is 29.3 Å². The standard InChI is InChI=1S/C36H42N8O4/c1-3-7-28(2)44-35(45)42(27-39-44)32-12-10-30(11-13-32)40-20-22-41(23-21-40)31-14-16-33(17-15-31)46-24-34-25-47-36(48-34,26-43-37-18-19-38-43)29-8-5-4-6-9-29/h4-6,8-19,27-28,34H,3,7,20-26H2,1-2H3/t28?,34-,36-/m0/s1. The number of ether oxygens (including phenoxy) is 3. The van der Waals surface area contributed by atoms with E-state index in [1.54, 1.807) is 32.8 Å². The minimum atomic E-state index is -0.973. The Kier molecular flexibility index (Phi) is 9.26. The third kappa shape index (κ3) is 6.71. The summed E-state index contributed by atoms with van der Waals surface area (Å²) in [4.78, 5) is 19.3. The van der Waals surface area contributed by atoms with E-state index >= 15 is 0 Å². The van der Waals surface area contributed by atoms with Gasteiger partial charge in [0.1, 0.15) is 31.3 Å². The van der Waals surface area contributed by atoms with Crippen LogP contribution in [0.5, 0.6) is 5.75 Å². The van der Waals surface area contributed by atoms with Gasteiger partial charge in [-0.05, 0) is 61.9 Å². The fourth-order valence-electron chi connectivity index (χ4n) is 6.50. The molecule has 0 amide bonds. The zero-order chi connectivity index (χ0) is 32.9. The van der Waals surface area contributed by atoms with Crippen molar-refractivity contribution in [3.05, 3.63) is 114 Å². The van der Waals surface area contributed by atoms with Gasteiger partial charge < -0.3 is 24.0 Å². The quantitative estimate of drug-likeness (QED) is 0.191. The molecule has 12 heteroatoms. The summed E-state index contributed by atoms with van der Waals surface area (Å²) in [6.07, 6.45) is 6.61. The lowest BCUT2D eigenvalue weighted by Crippen LogP contribution is -2.46. The number of hydrogen-bond donors (Lipinski definition) is 0. The zero-order valence-corrected chi connectivity index (χ0v) is 27.5. The molecular formula is C36H42N8O4. The Morgan fingerprint density at radius 1 is 0.854 bits per heavy atom. The highest BCUT2D eigenvalue weighted by molar-refractivity contribution is 5.54. The lowest BCUT2D eigenvalue weighted by atomic mass is 10.1. The molecule has 250 valence electrons.